The second-order valence-corrected chi connectivity index (χ2v) is 5.66. The number of carbonyl (C=O) groups excluding carboxylic acids is 2. The van der Waals surface area contributed by atoms with Crippen LogP contribution in [0.3, 0.4) is 0 Å². The summed E-state index contributed by atoms with van der Waals surface area (Å²) in [5.74, 6) is 0.458. The number of nitrogens with one attached hydrogen (secondary N) is 2. The molecule has 0 aliphatic rings. The summed E-state index contributed by atoms with van der Waals surface area (Å²) in [5, 5.41) is 5.58. The van der Waals surface area contributed by atoms with Gasteiger partial charge in [-0.2, -0.15) is 0 Å². The summed E-state index contributed by atoms with van der Waals surface area (Å²) in [6.45, 7) is 5.20. The quantitative estimate of drug-likeness (QED) is 0.709. The number of ether oxygens (including phenoxy) is 1. The van der Waals surface area contributed by atoms with Gasteiger partial charge >= 0.3 is 0 Å². The molecule has 0 aromatic heterocycles. The zero-order valence-electron chi connectivity index (χ0n) is 15.1. The average Bonchev–Trinajstić information content (AvgIpc) is 2.66. The third-order valence-corrected chi connectivity index (χ3v) is 3.57. The molecular formula is C21H24N2O3. The zero-order chi connectivity index (χ0) is 18.8. The minimum Gasteiger partial charge on any atom is -0.494 e. The lowest BCUT2D eigenvalue weighted by molar-refractivity contribution is -0.111. The smallest absolute Gasteiger partial charge is 0.251 e. The van der Waals surface area contributed by atoms with Gasteiger partial charge in [0.05, 0.1) is 6.61 Å². The van der Waals surface area contributed by atoms with E-state index >= 15 is 0 Å². The third kappa shape index (κ3) is 6.09. The van der Waals surface area contributed by atoms with Crippen molar-refractivity contribution in [3.8, 4) is 5.75 Å². The van der Waals surface area contributed by atoms with Crippen LogP contribution in [0, 0.1) is 0 Å². The summed E-state index contributed by atoms with van der Waals surface area (Å²) in [6, 6.07) is 14.3. The van der Waals surface area contributed by atoms with Gasteiger partial charge in [0.25, 0.3) is 5.91 Å². The lowest BCUT2D eigenvalue weighted by atomic mass is 10.2. The van der Waals surface area contributed by atoms with E-state index in [2.05, 4.69) is 10.6 Å². The van der Waals surface area contributed by atoms with Crippen LogP contribution in [0.4, 0.5) is 5.69 Å². The van der Waals surface area contributed by atoms with Crippen LogP contribution < -0.4 is 15.4 Å². The van der Waals surface area contributed by atoms with E-state index in [0.29, 0.717) is 24.4 Å². The van der Waals surface area contributed by atoms with E-state index in [9.17, 15) is 9.59 Å². The van der Waals surface area contributed by atoms with Crippen molar-refractivity contribution >= 4 is 23.6 Å². The molecule has 2 N–H and O–H groups in total. The van der Waals surface area contributed by atoms with E-state index in [4.69, 9.17) is 4.74 Å². The molecule has 5 heteroatoms. The van der Waals surface area contributed by atoms with Crippen LogP contribution in [0.25, 0.3) is 6.08 Å². The molecule has 0 fully saturated rings. The summed E-state index contributed by atoms with van der Waals surface area (Å²) in [7, 11) is 0. The second kappa shape index (κ2) is 10.0. The van der Waals surface area contributed by atoms with E-state index in [-0.39, 0.29) is 11.8 Å². The van der Waals surface area contributed by atoms with E-state index in [0.717, 1.165) is 17.7 Å². The first-order chi connectivity index (χ1) is 12.6. The van der Waals surface area contributed by atoms with Crippen LogP contribution in [0.5, 0.6) is 5.75 Å². The Morgan fingerprint density at radius 3 is 2.31 bits per heavy atom. The van der Waals surface area contributed by atoms with Crippen LogP contribution in [-0.4, -0.2) is 25.0 Å². The highest BCUT2D eigenvalue weighted by molar-refractivity contribution is 6.02. The topological polar surface area (TPSA) is 67.4 Å². The van der Waals surface area contributed by atoms with Gasteiger partial charge in [0.15, 0.2) is 0 Å². The van der Waals surface area contributed by atoms with Gasteiger partial charge in [-0.15, -0.1) is 0 Å². The number of rotatable bonds is 8. The number of amides is 2. The Hall–Kier alpha value is -3.08. The maximum Gasteiger partial charge on any atom is 0.251 e. The molecule has 0 atom stereocenters. The third-order valence-electron chi connectivity index (χ3n) is 3.57. The Kier molecular flexibility index (Phi) is 7.43. The Balaban J connectivity index is 1.89. The van der Waals surface area contributed by atoms with Crippen molar-refractivity contribution in [1.82, 2.24) is 5.32 Å². The molecule has 2 aromatic rings. The highest BCUT2D eigenvalue weighted by atomic mass is 16.5. The standard InChI is InChI=1S/C21H24N2O3/c1-3-15-22-21(25)17-8-10-18(11-9-17)23-20(24)14-7-16-5-12-19(13-6-16)26-4-2/h5-14H,3-4,15H2,1-2H3,(H,22,25)(H,23,24)/b14-7+. The van der Waals surface area contributed by atoms with E-state index in [1.807, 2.05) is 38.1 Å². The van der Waals surface area contributed by atoms with E-state index < -0.39 is 0 Å². The number of carbonyl (C=O) groups is 2. The summed E-state index contributed by atoms with van der Waals surface area (Å²) < 4.78 is 5.38. The predicted octanol–water partition coefficient (Wildman–Crippen LogP) is 3.88. The highest BCUT2D eigenvalue weighted by Gasteiger charge is 2.05. The van der Waals surface area contributed by atoms with Crippen molar-refractivity contribution in [3.05, 3.63) is 65.7 Å². The fourth-order valence-electron chi connectivity index (χ4n) is 2.24. The first-order valence-corrected chi connectivity index (χ1v) is 8.72. The van der Waals surface area contributed by atoms with Crippen LogP contribution >= 0.6 is 0 Å². The largest absolute Gasteiger partial charge is 0.494 e. The van der Waals surface area contributed by atoms with E-state index in [1.165, 1.54) is 6.08 Å². The summed E-state index contributed by atoms with van der Waals surface area (Å²) in [4.78, 5) is 23.9. The normalized spacial score (nSPS) is 10.5. The lowest BCUT2D eigenvalue weighted by Crippen LogP contribution is -2.23. The van der Waals surface area contributed by atoms with E-state index in [1.54, 1.807) is 30.3 Å². The minimum atomic E-state index is -0.234. The van der Waals surface area contributed by atoms with Crippen LogP contribution in [-0.2, 0) is 4.79 Å². The predicted molar refractivity (Wildman–Crippen MR) is 104 cm³/mol. The molecule has 0 aliphatic carbocycles. The van der Waals surface area contributed by atoms with Crippen molar-refractivity contribution in [2.45, 2.75) is 20.3 Å². The monoisotopic (exact) mass is 352 g/mol. The number of benzene rings is 2. The van der Waals surface area contributed by atoms with Crippen molar-refractivity contribution in [3.63, 3.8) is 0 Å². The van der Waals surface area contributed by atoms with Crippen molar-refractivity contribution in [1.29, 1.82) is 0 Å². The van der Waals surface area contributed by atoms with Gasteiger partial charge in [-0.3, -0.25) is 9.59 Å². The number of anilines is 1. The molecule has 0 radical (unpaired) electrons. The fraction of sp³-hybridized carbons (Fsp3) is 0.238. The number of hydrogen-bond donors (Lipinski definition) is 2. The molecule has 2 rings (SSSR count). The minimum absolute atomic E-state index is 0.111. The van der Waals surface area contributed by atoms with Gasteiger partial charge in [0.1, 0.15) is 5.75 Å². The Morgan fingerprint density at radius 2 is 1.69 bits per heavy atom. The molecule has 0 spiro atoms. The molecule has 0 bridgehead atoms. The average molecular weight is 352 g/mol. The summed E-state index contributed by atoms with van der Waals surface area (Å²) >= 11 is 0. The molecule has 5 nitrogen and oxygen atoms in total. The lowest BCUT2D eigenvalue weighted by Gasteiger charge is -2.06. The van der Waals surface area contributed by atoms with Crippen LogP contribution in [0.15, 0.2) is 54.6 Å². The Bertz CT molecular complexity index is 750. The Morgan fingerprint density at radius 1 is 1.00 bits per heavy atom. The molecular weight excluding hydrogens is 328 g/mol. The van der Waals surface area contributed by atoms with Gasteiger partial charge < -0.3 is 15.4 Å². The van der Waals surface area contributed by atoms with Gasteiger partial charge in [0.2, 0.25) is 5.91 Å². The zero-order valence-corrected chi connectivity index (χ0v) is 15.1. The van der Waals surface area contributed by atoms with Crippen molar-refractivity contribution in [2.24, 2.45) is 0 Å². The van der Waals surface area contributed by atoms with Gasteiger partial charge in [-0.05, 0) is 61.4 Å². The van der Waals surface area contributed by atoms with Crippen LogP contribution in [0.1, 0.15) is 36.2 Å². The molecule has 0 heterocycles. The molecule has 136 valence electrons. The van der Waals surface area contributed by atoms with Crippen molar-refractivity contribution in [2.75, 3.05) is 18.5 Å². The van der Waals surface area contributed by atoms with Crippen LogP contribution in [0.2, 0.25) is 0 Å². The molecule has 2 amide bonds. The van der Waals surface area contributed by atoms with Crippen molar-refractivity contribution < 1.29 is 14.3 Å². The van der Waals surface area contributed by atoms with Gasteiger partial charge in [-0.1, -0.05) is 19.1 Å². The molecule has 26 heavy (non-hydrogen) atoms. The fourth-order valence-corrected chi connectivity index (χ4v) is 2.24. The first-order valence-electron chi connectivity index (χ1n) is 8.72. The maximum absolute atomic E-state index is 12.0. The maximum atomic E-state index is 12.0. The Labute approximate surface area is 154 Å². The summed E-state index contributed by atoms with van der Waals surface area (Å²) in [5.41, 5.74) is 2.12. The number of hydrogen-bond acceptors (Lipinski definition) is 3. The molecule has 0 unspecified atom stereocenters. The molecule has 0 saturated heterocycles. The second-order valence-electron chi connectivity index (χ2n) is 5.66. The van der Waals surface area contributed by atoms with Gasteiger partial charge in [-0.25, -0.2) is 0 Å². The first kappa shape index (κ1) is 19.2. The SMILES string of the molecule is CCCNC(=O)c1ccc(NC(=O)/C=C/c2ccc(OCC)cc2)cc1. The molecule has 0 aliphatic heterocycles. The summed E-state index contributed by atoms with van der Waals surface area (Å²) in [6.07, 6.45) is 4.09. The molecule has 0 saturated carbocycles. The molecule has 2 aromatic carbocycles. The highest BCUT2D eigenvalue weighted by Crippen LogP contribution is 2.13. The van der Waals surface area contributed by atoms with Gasteiger partial charge in [0, 0.05) is 23.9 Å².